The topological polar surface area (TPSA) is 36.3 Å². The van der Waals surface area contributed by atoms with E-state index in [0.29, 0.717) is 6.61 Å². The Labute approximate surface area is 80.6 Å². The first-order valence-corrected chi connectivity index (χ1v) is 4.92. The molecule has 3 nitrogen and oxygen atoms in total. The van der Waals surface area contributed by atoms with Gasteiger partial charge in [-0.25, -0.2) is 0 Å². The Bertz CT molecular complexity index is 189. The number of piperidine rings is 1. The molecule has 0 saturated carbocycles. The summed E-state index contributed by atoms with van der Waals surface area (Å²) in [5.74, 6) is 0.772. The zero-order valence-electron chi connectivity index (χ0n) is 8.89. The summed E-state index contributed by atoms with van der Waals surface area (Å²) in [6.07, 6.45) is 3.29. The molecule has 1 saturated heterocycles. The van der Waals surface area contributed by atoms with Crippen LogP contribution in [0.5, 0.6) is 0 Å². The lowest BCUT2D eigenvalue weighted by Gasteiger charge is -2.42. The van der Waals surface area contributed by atoms with Gasteiger partial charge in [0.25, 0.3) is 0 Å². The molecule has 1 aliphatic heterocycles. The highest BCUT2D eigenvalue weighted by atomic mass is 16.5. The smallest absolute Gasteiger partial charge is 0.0962 e. The number of hydrogen-bond acceptors (Lipinski definition) is 2. The van der Waals surface area contributed by atoms with E-state index in [9.17, 15) is 0 Å². The molecule has 1 aliphatic rings. The first-order valence-electron chi connectivity index (χ1n) is 4.92. The Kier molecular flexibility index (Phi) is 3.31. The molecule has 0 unspecified atom stereocenters. The molecular formula is C10H20N2O. The number of amidine groups is 1. The minimum Gasteiger partial charge on any atom is -0.382 e. The van der Waals surface area contributed by atoms with Gasteiger partial charge in [0, 0.05) is 20.1 Å². The minimum absolute atomic E-state index is 0.0216. The van der Waals surface area contributed by atoms with Gasteiger partial charge in [0.1, 0.15) is 0 Å². The van der Waals surface area contributed by atoms with E-state index in [1.807, 2.05) is 0 Å². The van der Waals surface area contributed by atoms with Crippen molar-refractivity contribution < 1.29 is 4.74 Å². The summed E-state index contributed by atoms with van der Waals surface area (Å²) >= 11 is 0. The highest BCUT2D eigenvalue weighted by Gasteiger charge is 2.30. The molecule has 1 N–H and O–H groups in total. The summed E-state index contributed by atoms with van der Waals surface area (Å²) in [6.45, 7) is 5.97. The van der Waals surface area contributed by atoms with Crippen LogP contribution in [0.15, 0.2) is 0 Å². The maximum atomic E-state index is 7.85. The average Bonchev–Trinajstić information content (AvgIpc) is 2.04. The SMILES string of the molecule is COCC(C)(C)N1CCCCC1=N. The van der Waals surface area contributed by atoms with Crippen LogP contribution < -0.4 is 0 Å². The Balaban J connectivity index is 2.61. The molecule has 1 heterocycles. The van der Waals surface area contributed by atoms with Crippen LogP contribution in [0.25, 0.3) is 0 Å². The molecule has 76 valence electrons. The summed E-state index contributed by atoms with van der Waals surface area (Å²) in [4.78, 5) is 2.17. The fourth-order valence-corrected chi connectivity index (χ4v) is 1.93. The lowest BCUT2D eigenvalue weighted by atomic mass is 9.99. The maximum absolute atomic E-state index is 7.85. The molecule has 0 atom stereocenters. The maximum Gasteiger partial charge on any atom is 0.0962 e. The van der Waals surface area contributed by atoms with Gasteiger partial charge in [-0.2, -0.15) is 0 Å². The highest BCUT2D eigenvalue weighted by Crippen LogP contribution is 2.21. The summed E-state index contributed by atoms with van der Waals surface area (Å²) in [5, 5.41) is 7.85. The van der Waals surface area contributed by atoms with Crippen LogP contribution in [0.4, 0.5) is 0 Å². The molecule has 0 aromatic carbocycles. The summed E-state index contributed by atoms with van der Waals surface area (Å²) < 4.78 is 5.17. The van der Waals surface area contributed by atoms with Gasteiger partial charge >= 0.3 is 0 Å². The van der Waals surface area contributed by atoms with Crippen LogP contribution in [0, 0.1) is 5.41 Å². The van der Waals surface area contributed by atoms with Crippen molar-refractivity contribution in [3.63, 3.8) is 0 Å². The van der Waals surface area contributed by atoms with Crippen molar-refractivity contribution in [3.05, 3.63) is 0 Å². The van der Waals surface area contributed by atoms with E-state index in [2.05, 4.69) is 18.7 Å². The van der Waals surface area contributed by atoms with Crippen LogP contribution in [-0.2, 0) is 4.74 Å². The van der Waals surface area contributed by atoms with Crippen molar-refractivity contribution in [1.82, 2.24) is 4.90 Å². The number of nitrogens with one attached hydrogen (secondary N) is 1. The van der Waals surface area contributed by atoms with Crippen LogP contribution >= 0.6 is 0 Å². The third-order valence-corrected chi connectivity index (χ3v) is 2.60. The minimum atomic E-state index is -0.0216. The fraction of sp³-hybridized carbons (Fsp3) is 0.900. The third-order valence-electron chi connectivity index (χ3n) is 2.60. The highest BCUT2D eigenvalue weighted by molar-refractivity contribution is 5.80. The summed E-state index contributed by atoms with van der Waals surface area (Å²) in [5.41, 5.74) is -0.0216. The normalized spacial score (nSPS) is 19.3. The fourth-order valence-electron chi connectivity index (χ4n) is 1.93. The molecule has 0 aromatic rings. The van der Waals surface area contributed by atoms with Crippen molar-refractivity contribution in [2.75, 3.05) is 20.3 Å². The van der Waals surface area contributed by atoms with E-state index >= 15 is 0 Å². The van der Waals surface area contributed by atoms with E-state index in [1.54, 1.807) is 7.11 Å². The van der Waals surface area contributed by atoms with Crippen molar-refractivity contribution in [3.8, 4) is 0 Å². The number of methoxy groups -OCH3 is 1. The van der Waals surface area contributed by atoms with Crippen molar-refractivity contribution in [1.29, 1.82) is 5.41 Å². The lowest BCUT2D eigenvalue weighted by Crippen LogP contribution is -2.52. The van der Waals surface area contributed by atoms with Gasteiger partial charge in [-0.05, 0) is 26.7 Å². The van der Waals surface area contributed by atoms with Gasteiger partial charge < -0.3 is 9.64 Å². The first kappa shape index (κ1) is 10.5. The molecule has 1 rings (SSSR count). The van der Waals surface area contributed by atoms with Crippen LogP contribution in [0.2, 0.25) is 0 Å². The van der Waals surface area contributed by atoms with Crippen LogP contribution in [0.3, 0.4) is 0 Å². The van der Waals surface area contributed by atoms with Gasteiger partial charge in [0.15, 0.2) is 0 Å². The van der Waals surface area contributed by atoms with E-state index in [-0.39, 0.29) is 5.54 Å². The van der Waals surface area contributed by atoms with E-state index in [4.69, 9.17) is 10.1 Å². The zero-order chi connectivity index (χ0) is 9.90. The second kappa shape index (κ2) is 4.09. The largest absolute Gasteiger partial charge is 0.382 e. The standard InChI is InChI=1S/C10H20N2O/c1-10(2,8-13-3)12-7-5-4-6-9(12)11/h11H,4-8H2,1-3H3. The van der Waals surface area contributed by atoms with Crippen LogP contribution in [0.1, 0.15) is 33.1 Å². The number of nitrogens with zero attached hydrogens (tertiary/aromatic N) is 1. The lowest BCUT2D eigenvalue weighted by molar-refractivity contribution is 0.0692. The predicted octanol–water partition coefficient (Wildman–Crippen LogP) is 1.87. The molecule has 0 amide bonds. The molecule has 1 fully saturated rings. The zero-order valence-corrected chi connectivity index (χ0v) is 8.89. The molecule has 0 aromatic heterocycles. The second-order valence-electron chi connectivity index (χ2n) is 4.30. The summed E-state index contributed by atoms with van der Waals surface area (Å²) in [6, 6.07) is 0. The van der Waals surface area contributed by atoms with E-state index < -0.39 is 0 Å². The van der Waals surface area contributed by atoms with Crippen molar-refractivity contribution >= 4 is 5.84 Å². The number of rotatable bonds is 3. The number of ether oxygens (including phenoxy) is 1. The second-order valence-corrected chi connectivity index (χ2v) is 4.30. The molecule has 3 heteroatoms. The van der Waals surface area contributed by atoms with E-state index in [1.165, 1.54) is 12.8 Å². The van der Waals surface area contributed by atoms with Gasteiger partial charge in [-0.1, -0.05) is 0 Å². The first-order chi connectivity index (χ1) is 6.08. The molecule has 0 aliphatic carbocycles. The van der Waals surface area contributed by atoms with Gasteiger partial charge in [-0.15, -0.1) is 0 Å². The monoisotopic (exact) mass is 184 g/mol. The van der Waals surface area contributed by atoms with Gasteiger partial charge in [0.2, 0.25) is 0 Å². The number of hydrogen-bond donors (Lipinski definition) is 1. The molecular weight excluding hydrogens is 164 g/mol. The Morgan fingerprint density at radius 3 is 2.69 bits per heavy atom. The quantitative estimate of drug-likeness (QED) is 0.727. The molecule has 13 heavy (non-hydrogen) atoms. The number of likely N-dealkylation sites (tertiary alicyclic amines) is 1. The molecule has 0 spiro atoms. The Morgan fingerprint density at radius 2 is 2.15 bits per heavy atom. The van der Waals surface area contributed by atoms with Crippen molar-refractivity contribution in [2.24, 2.45) is 0 Å². The van der Waals surface area contributed by atoms with E-state index in [0.717, 1.165) is 18.8 Å². The molecule has 0 radical (unpaired) electrons. The average molecular weight is 184 g/mol. The van der Waals surface area contributed by atoms with Crippen LogP contribution in [-0.4, -0.2) is 36.5 Å². The molecule has 0 bridgehead atoms. The van der Waals surface area contributed by atoms with Crippen molar-refractivity contribution in [2.45, 2.75) is 38.6 Å². The third kappa shape index (κ3) is 2.44. The predicted molar refractivity (Wildman–Crippen MR) is 54.2 cm³/mol. The Morgan fingerprint density at radius 1 is 1.46 bits per heavy atom. The summed E-state index contributed by atoms with van der Waals surface area (Å²) in [7, 11) is 1.72. The van der Waals surface area contributed by atoms with Gasteiger partial charge in [0.05, 0.1) is 18.0 Å². The Hall–Kier alpha value is -0.570. The van der Waals surface area contributed by atoms with Gasteiger partial charge in [-0.3, -0.25) is 5.41 Å².